The molecular weight excluding hydrogens is 220 g/mol. The third-order valence-electron chi connectivity index (χ3n) is 3.35. The van der Waals surface area contributed by atoms with Gasteiger partial charge in [0.1, 0.15) is 0 Å². The minimum atomic E-state index is 0.616. The van der Waals surface area contributed by atoms with E-state index in [-0.39, 0.29) is 0 Å². The highest BCUT2D eigenvalue weighted by Gasteiger charge is 2.01. The lowest BCUT2D eigenvalue weighted by atomic mass is 10.1. The molecule has 2 nitrogen and oxygen atoms in total. The lowest BCUT2D eigenvalue weighted by Gasteiger charge is -2.15. The van der Waals surface area contributed by atoms with Gasteiger partial charge in [-0.1, -0.05) is 38.3 Å². The summed E-state index contributed by atoms with van der Waals surface area (Å²) in [6.45, 7) is 5.51. The van der Waals surface area contributed by atoms with E-state index in [2.05, 4.69) is 62.4 Å². The van der Waals surface area contributed by atoms with Crippen LogP contribution in [0.1, 0.15) is 45.1 Å². The first kappa shape index (κ1) is 15.0. The van der Waals surface area contributed by atoms with Crippen LogP contribution in [0, 0.1) is 0 Å². The van der Waals surface area contributed by atoms with Gasteiger partial charge in [-0.3, -0.25) is 0 Å². The van der Waals surface area contributed by atoms with Crippen molar-refractivity contribution in [2.75, 3.05) is 19.0 Å². The standard InChI is InChI=1S/C16H28N2/c1-5-6-7-8-14(2)17-13-15-9-11-16(12-10-15)18(3)4/h9-12,14,17H,5-8,13H2,1-4H3. The molecule has 1 atom stereocenters. The Balaban J connectivity index is 2.30. The number of hydrogen-bond acceptors (Lipinski definition) is 2. The molecule has 102 valence electrons. The molecule has 0 aromatic heterocycles. The van der Waals surface area contributed by atoms with Crippen LogP contribution in [0.15, 0.2) is 24.3 Å². The topological polar surface area (TPSA) is 15.3 Å². The predicted molar refractivity (Wildman–Crippen MR) is 81.2 cm³/mol. The van der Waals surface area contributed by atoms with Gasteiger partial charge in [0.25, 0.3) is 0 Å². The Kier molecular flexibility index (Phi) is 6.81. The number of nitrogens with one attached hydrogen (secondary N) is 1. The summed E-state index contributed by atoms with van der Waals surface area (Å²) < 4.78 is 0. The fourth-order valence-electron chi connectivity index (χ4n) is 2.01. The van der Waals surface area contributed by atoms with Crippen LogP contribution in [0.4, 0.5) is 5.69 Å². The zero-order valence-electron chi connectivity index (χ0n) is 12.4. The molecule has 0 radical (unpaired) electrons. The van der Waals surface area contributed by atoms with Gasteiger partial charge in [0.2, 0.25) is 0 Å². The van der Waals surface area contributed by atoms with Crippen molar-refractivity contribution in [2.24, 2.45) is 0 Å². The summed E-state index contributed by atoms with van der Waals surface area (Å²) in [6.07, 6.45) is 5.27. The van der Waals surface area contributed by atoms with Crippen molar-refractivity contribution in [3.63, 3.8) is 0 Å². The molecule has 0 bridgehead atoms. The van der Waals surface area contributed by atoms with E-state index in [0.29, 0.717) is 6.04 Å². The Morgan fingerprint density at radius 1 is 1.11 bits per heavy atom. The average Bonchev–Trinajstić information content (AvgIpc) is 2.37. The Hall–Kier alpha value is -1.02. The summed E-state index contributed by atoms with van der Waals surface area (Å²) in [4.78, 5) is 2.13. The summed E-state index contributed by atoms with van der Waals surface area (Å²) in [5, 5.41) is 3.59. The Labute approximate surface area is 112 Å². The van der Waals surface area contributed by atoms with Crippen molar-refractivity contribution in [1.29, 1.82) is 0 Å². The summed E-state index contributed by atoms with van der Waals surface area (Å²) in [7, 11) is 4.14. The first-order chi connectivity index (χ1) is 8.63. The van der Waals surface area contributed by atoms with Crippen molar-refractivity contribution < 1.29 is 0 Å². The fraction of sp³-hybridized carbons (Fsp3) is 0.625. The number of unbranched alkanes of at least 4 members (excludes halogenated alkanes) is 2. The van der Waals surface area contributed by atoms with E-state index in [9.17, 15) is 0 Å². The molecule has 18 heavy (non-hydrogen) atoms. The molecule has 0 aliphatic heterocycles. The molecule has 0 fully saturated rings. The largest absolute Gasteiger partial charge is 0.378 e. The third kappa shape index (κ3) is 5.54. The normalized spacial score (nSPS) is 12.4. The lowest BCUT2D eigenvalue weighted by Crippen LogP contribution is -2.25. The molecule has 0 spiro atoms. The highest BCUT2D eigenvalue weighted by atomic mass is 15.1. The van der Waals surface area contributed by atoms with Gasteiger partial charge in [0.05, 0.1) is 0 Å². The van der Waals surface area contributed by atoms with Crippen molar-refractivity contribution in [3.05, 3.63) is 29.8 Å². The third-order valence-corrected chi connectivity index (χ3v) is 3.35. The van der Waals surface area contributed by atoms with Gasteiger partial charge in [-0.25, -0.2) is 0 Å². The molecule has 1 aromatic carbocycles. The maximum atomic E-state index is 3.59. The van der Waals surface area contributed by atoms with E-state index >= 15 is 0 Å². The Morgan fingerprint density at radius 2 is 1.78 bits per heavy atom. The van der Waals surface area contributed by atoms with Crippen LogP contribution in [0.5, 0.6) is 0 Å². The molecule has 2 heteroatoms. The molecular formula is C16H28N2. The number of rotatable bonds is 8. The summed E-state index contributed by atoms with van der Waals surface area (Å²) in [6, 6.07) is 9.39. The van der Waals surface area contributed by atoms with Gasteiger partial charge in [-0.15, -0.1) is 0 Å². The SMILES string of the molecule is CCCCCC(C)NCc1ccc(N(C)C)cc1. The monoisotopic (exact) mass is 248 g/mol. The first-order valence-corrected chi connectivity index (χ1v) is 7.13. The molecule has 1 unspecified atom stereocenters. The minimum absolute atomic E-state index is 0.616. The second-order valence-electron chi connectivity index (χ2n) is 5.34. The van der Waals surface area contributed by atoms with E-state index in [4.69, 9.17) is 0 Å². The molecule has 1 rings (SSSR count). The molecule has 1 aromatic rings. The Bertz CT molecular complexity index is 316. The van der Waals surface area contributed by atoms with Gasteiger partial charge >= 0.3 is 0 Å². The van der Waals surface area contributed by atoms with Crippen LogP contribution in [0.3, 0.4) is 0 Å². The molecule has 0 saturated carbocycles. The second kappa shape index (κ2) is 8.15. The van der Waals surface area contributed by atoms with E-state index in [1.807, 2.05) is 0 Å². The smallest absolute Gasteiger partial charge is 0.0361 e. The predicted octanol–water partition coefficient (Wildman–Crippen LogP) is 3.81. The van der Waals surface area contributed by atoms with E-state index in [0.717, 1.165) is 6.54 Å². The minimum Gasteiger partial charge on any atom is -0.378 e. The van der Waals surface area contributed by atoms with Gasteiger partial charge in [0, 0.05) is 32.4 Å². The average molecular weight is 248 g/mol. The van der Waals surface area contributed by atoms with Crippen LogP contribution in [-0.4, -0.2) is 20.1 Å². The molecule has 1 N–H and O–H groups in total. The first-order valence-electron chi connectivity index (χ1n) is 7.13. The number of benzene rings is 1. The molecule has 0 amide bonds. The molecule has 0 saturated heterocycles. The quantitative estimate of drug-likeness (QED) is 0.704. The maximum absolute atomic E-state index is 3.59. The van der Waals surface area contributed by atoms with Crippen LogP contribution in [-0.2, 0) is 6.54 Å². The highest BCUT2D eigenvalue weighted by Crippen LogP contribution is 2.12. The summed E-state index contributed by atoms with van der Waals surface area (Å²) >= 11 is 0. The van der Waals surface area contributed by atoms with Crippen LogP contribution in [0.2, 0.25) is 0 Å². The van der Waals surface area contributed by atoms with Crippen molar-refractivity contribution >= 4 is 5.69 Å². The number of hydrogen-bond donors (Lipinski definition) is 1. The van der Waals surface area contributed by atoms with Gasteiger partial charge in [0.15, 0.2) is 0 Å². The van der Waals surface area contributed by atoms with Crippen molar-refractivity contribution in [3.8, 4) is 0 Å². The van der Waals surface area contributed by atoms with Crippen molar-refractivity contribution in [1.82, 2.24) is 5.32 Å². The number of nitrogens with zero attached hydrogens (tertiary/aromatic N) is 1. The molecule has 0 heterocycles. The highest BCUT2D eigenvalue weighted by molar-refractivity contribution is 5.45. The zero-order chi connectivity index (χ0) is 13.4. The molecule has 0 aliphatic carbocycles. The van der Waals surface area contributed by atoms with E-state index in [1.165, 1.54) is 36.9 Å². The number of anilines is 1. The summed E-state index contributed by atoms with van der Waals surface area (Å²) in [5.41, 5.74) is 2.62. The molecule has 0 aliphatic rings. The Morgan fingerprint density at radius 3 is 2.33 bits per heavy atom. The van der Waals surface area contributed by atoms with Crippen LogP contribution >= 0.6 is 0 Å². The van der Waals surface area contributed by atoms with Gasteiger partial charge < -0.3 is 10.2 Å². The fourth-order valence-corrected chi connectivity index (χ4v) is 2.01. The van der Waals surface area contributed by atoms with E-state index < -0.39 is 0 Å². The van der Waals surface area contributed by atoms with Crippen LogP contribution < -0.4 is 10.2 Å². The lowest BCUT2D eigenvalue weighted by molar-refractivity contribution is 0.487. The van der Waals surface area contributed by atoms with Crippen molar-refractivity contribution in [2.45, 2.75) is 52.1 Å². The maximum Gasteiger partial charge on any atom is 0.0361 e. The van der Waals surface area contributed by atoms with E-state index in [1.54, 1.807) is 0 Å². The van der Waals surface area contributed by atoms with Gasteiger partial charge in [-0.05, 0) is 31.0 Å². The second-order valence-corrected chi connectivity index (χ2v) is 5.34. The van der Waals surface area contributed by atoms with Gasteiger partial charge in [-0.2, -0.15) is 0 Å². The zero-order valence-corrected chi connectivity index (χ0v) is 12.4. The summed E-state index contributed by atoms with van der Waals surface area (Å²) in [5.74, 6) is 0. The van der Waals surface area contributed by atoms with Crippen LogP contribution in [0.25, 0.3) is 0 Å².